The van der Waals surface area contributed by atoms with E-state index in [1.165, 1.54) is 0 Å². The highest BCUT2D eigenvalue weighted by Gasteiger charge is 2.25. The molecular weight excluding hydrogens is 421 g/mol. The molecule has 1 aliphatic rings. The van der Waals surface area contributed by atoms with Crippen LogP contribution >= 0.6 is 22.6 Å². The number of hydrogen-bond acceptors (Lipinski definition) is 4. The van der Waals surface area contributed by atoms with E-state index in [0.717, 1.165) is 28.8 Å². The van der Waals surface area contributed by atoms with Crippen molar-refractivity contribution in [1.82, 2.24) is 9.80 Å². The number of benzene rings is 1. The first-order chi connectivity index (χ1) is 11.3. The molecule has 1 heterocycles. The number of amides is 1. The summed E-state index contributed by atoms with van der Waals surface area (Å²) in [5.41, 5.74) is 9.85. The fraction of sp³-hybridized carbons (Fsp3) is 0.562. The summed E-state index contributed by atoms with van der Waals surface area (Å²) < 4.78 is 6.45. The van der Waals surface area contributed by atoms with Gasteiger partial charge in [-0.1, -0.05) is 5.11 Å². The van der Waals surface area contributed by atoms with Crippen molar-refractivity contribution in [1.29, 1.82) is 0 Å². The molecule has 0 saturated carbocycles. The minimum absolute atomic E-state index is 0.248. The molecule has 1 fully saturated rings. The predicted molar refractivity (Wildman–Crippen MR) is 101 cm³/mol. The lowest BCUT2D eigenvalue weighted by molar-refractivity contribution is 0.0139. The van der Waals surface area contributed by atoms with Crippen molar-refractivity contribution in [2.75, 3.05) is 26.2 Å². The van der Waals surface area contributed by atoms with Crippen molar-refractivity contribution in [2.24, 2.45) is 5.11 Å². The fourth-order valence-corrected chi connectivity index (χ4v) is 3.23. The van der Waals surface area contributed by atoms with Gasteiger partial charge in [0.05, 0.1) is 0 Å². The first-order valence-corrected chi connectivity index (χ1v) is 8.89. The summed E-state index contributed by atoms with van der Waals surface area (Å²) in [6.07, 6.45) is -0.248. The van der Waals surface area contributed by atoms with Crippen LogP contribution in [0.3, 0.4) is 0 Å². The molecule has 0 aromatic heterocycles. The number of rotatable bonds is 3. The molecule has 0 aliphatic carbocycles. The highest BCUT2D eigenvalue weighted by Crippen LogP contribution is 2.21. The summed E-state index contributed by atoms with van der Waals surface area (Å²) in [6, 6.07) is 5.84. The molecule has 2 rings (SSSR count). The van der Waals surface area contributed by atoms with E-state index in [1.54, 1.807) is 4.90 Å². The Bertz CT molecular complexity index is 644. The zero-order chi connectivity index (χ0) is 17.7. The highest BCUT2D eigenvalue weighted by atomic mass is 127. The maximum atomic E-state index is 12.1. The molecule has 1 aromatic carbocycles. The minimum Gasteiger partial charge on any atom is -0.444 e. The van der Waals surface area contributed by atoms with Crippen molar-refractivity contribution in [2.45, 2.75) is 32.9 Å². The van der Waals surface area contributed by atoms with Crippen LogP contribution in [0.25, 0.3) is 10.4 Å². The van der Waals surface area contributed by atoms with E-state index in [0.29, 0.717) is 18.8 Å². The van der Waals surface area contributed by atoms with Crippen LogP contribution in [0.15, 0.2) is 23.3 Å². The number of azide groups is 1. The molecule has 8 heteroatoms. The number of piperazine rings is 1. The van der Waals surface area contributed by atoms with E-state index in [-0.39, 0.29) is 6.09 Å². The summed E-state index contributed by atoms with van der Waals surface area (Å²) in [5.74, 6) is 0. The second-order valence-electron chi connectivity index (χ2n) is 6.75. The zero-order valence-corrected chi connectivity index (χ0v) is 16.4. The third kappa shape index (κ3) is 5.85. The van der Waals surface area contributed by atoms with Gasteiger partial charge in [-0.2, -0.15) is 0 Å². The first kappa shape index (κ1) is 18.8. The normalized spacial score (nSPS) is 15.8. The fourth-order valence-electron chi connectivity index (χ4n) is 2.51. The third-order valence-electron chi connectivity index (χ3n) is 3.53. The molecule has 1 saturated heterocycles. The molecule has 1 aromatic rings. The second-order valence-corrected chi connectivity index (χ2v) is 8.00. The minimum atomic E-state index is -0.466. The Hall–Kier alpha value is -1.51. The molecule has 0 spiro atoms. The molecule has 0 atom stereocenters. The van der Waals surface area contributed by atoms with Crippen LogP contribution < -0.4 is 0 Å². The van der Waals surface area contributed by atoms with Crippen LogP contribution in [0.1, 0.15) is 26.3 Å². The van der Waals surface area contributed by atoms with Crippen LogP contribution in [0, 0.1) is 3.57 Å². The van der Waals surface area contributed by atoms with Crippen LogP contribution in [-0.4, -0.2) is 47.7 Å². The van der Waals surface area contributed by atoms with E-state index < -0.39 is 5.60 Å². The molecule has 0 radical (unpaired) electrons. The smallest absolute Gasteiger partial charge is 0.410 e. The maximum absolute atomic E-state index is 12.1. The van der Waals surface area contributed by atoms with Crippen LogP contribution in [0.4, 0.5) is 10.5 Å². The lowest BCUT2D eigenvalue weighted by Crippen LogP contribution is -2.49. The van der Waals surface area contributed by atoms with Gasteiger partial charge in [0.1, 0.15) is 5.60 Å². The van der Waals surface area contributed by atoms with E-state index in [1.807, 2.05) is 32.9 Å². The molecule has 7 nitrogen and oxygen atoms in total. The van der Waals surface area contributed by atoms with Gasteiger partial charge in [0.25, 0.3) is 0 Å². The topological polar surface area (TPSA) is 81.5 Å². The summed E-state index contributed by atoms with van der Waals surface area (Å²) in [7, 11) is 0. The number of carbonyl (C=O) groups excluding carboxylic acids is 1. The lowest BCUT2D eigenvalue weighted by atomic mass is 10.1. The van der Waals surface area contributed by atoms with Crippen LogP contribution in [0.5, 0.6) is 0 Å². The van der Waals surface area contributed by atoms with Crippen molar-refractivity contribution in [3.63, 3.8) is 0 Å². The standard InChI is InChI=1S/C16H22IN5O2/c1-16(2,3)24-15(23)22-6-4-21(5-7-22)11-12-8-13(17)10-14(9-12)19-20-18/h8-10H,4-7,11H2,1-3H3. The van der Waals surface area contributed by atoms with Crippen molar-refractivity contribution >= 4 is 34.4 Å². The number of halogens is 1. The SMILES string of the molecule is CC(C)(C)OC(=O)N1CCN(Cc2cc(I)cc(N=[N+]=[N-])c2)CC1. The van der Waals surface area contributed by atoms with E-state index >= 15 is 0 Å². The molecular formula is C16H22IN5O2. The molecule has 130 valence electrons. The van der Waals surface area contributed by atoms with Gasteiger partial charge in [-0.3, -0.25) is 4.90 Å². The van der Waals surface area contributed by atoms with E-state index in [2.05, 4.69) is 43.6 Å². The van der Waals surface area contributed by atoms with Gasteiger partial charge in [-0.05, 0) is 72.7 Å². The quantitative estimate of drug-likeness (QED) is 0.303. The highest BCUT2D eigenvalue weighted by molar-refractivity contribution is 14.1. The number of nitrogens with zero attached hydrogens (tertiary/aromatic N) is 5. The van der Waals surface area contributed by atoms with Crippen molar-refractivity contribution in [3.8, 4) is 0 Å². The Morgan fingerprint density at radius 3 is 2.54 bits per heavy atom. The monoisotopic (exact) mass is 443 g/mol. The van der Waals surface area contributed by atoms with Gasteiger partial charge in [-0.15, -0.1) is 0 Å². The number of ether oxygens (including phenoxy) is 1. The average molecular weight is 443 g/mol. The van der Waals surface area contributed by atoms with Gasteiger partial charge in [0.2, 0.25) is 0 Å². The summed E-state index contributed by atoms with van der Waals surface area (Å²) in [5, 5.41) is 3.68. The maximum Gasteiger partial charge on any atom is 0.410 e. The van der Waals surface area contributed by atoms with Crippen molar-refractivity contribution < 1.29 is 9.53 Å². The van der Waals surface area contributed by atoms with Gasteiger partial charge in [-0.25, -0.2) is 4.79 Å². The van der Waals surface area contributed by atoms with Gasteiger partial charge in [0, 0.05) is 46.9 Å². The Labute approximate surface area is 155 Å². The number of carbonyl (C=O) groups is 1. The van der Waals surface area contributed by atoms with Crippen LogP contribution in [-0.2, 0) is 11.3 Å². The molecule has 1 aliphatic heterocycles. The molecule has 24 heavy (non-hydrogen) atoms. The molecule has 0 unspecified atom stereocenters. The van der Waals surface area contributed by atoms with Gasteiger partial charge < -0.3 is 9.64 Å². The second kappa shape index (κ2) is 8.04. The summed E-state index contributed by atoms with van der Waals surface area (Å²) in [4.78, 5) is 19.0. The Morgan fingerprint density at radius 1 is 1.29 bits per heavy atom. The zero-order valence-electron chi connectivity index (χ0n) is 14.2. The Balaban J connectivity index is 1.91. The number of hydrogen-bond donors (Lipinski definition) is 0. The van der Waals surface area contributed by atoms with E-state index in [9.17, 15) is 4.79 Å². The molecule has 0 bridgehead atoms. The summed E-state index contributed by atoms with van der Waals surface area (Å²) in [6.45, 7) is 9.29. The Morgan fingerprint density at radius 2 is 1.96 bits per heavy atom. The first-order valence-electron chi connectivity index (χ1n) is 7.82. The Kier molecular flexibility index (Phi) is 6.31. The average Bonchev–Trinajstić information content (AvgIpc) is 2.46. The van der Waals surface area contributed by atoms with Crippen molar-refractivity contribution in [3.05, 3.63) is 37.8 Å². The van der Waals surface area contributed by atoms with E-state index in [4.69, 9.17) is 10.3 Å². The summed E-state index contributed by atoms with van der Waals surface area (Å²) >= 11 is 2.22. The molecule has 1 amide bonds. The predicted octanol–water partition coefficient (Wildman–Crippen LogP) is 4.29. The lowest BCUT2D eigenvalue weighted by Gasteiger charge is -2.35. The van der Waals surface area contributed by atoms with Crippen LogP contribution in [0.2, 0.25) is 0 Å². The third-order valence-corrected chi connectivity index (χ3v) is 4.16. The van der Waals surface area contributed by atoms with Gasteiger partial charge >= 0.3 is 6.09 Å². The largest absolute Gasteiger partial charge is 0.444 e. The van der Waals surface area contributed by atoms with Gasteiger partial charge in [0.15, 0.2) is 0 Å². The molecule has 0 N–H and O–H groups in total.